The maximum atomic E-state index is 8.86. The summed E-state index contributed by atoms with van der Waals surface area (Å²) in [6, 6.07) is 3.85. The lowest BCUT2D eigenvalue weighted by molar-refractivity contribution is 0.123. The summed E-state index contributed by atoms with van der Waals surface area (Å²) in [6.45, 7) is 3.93. The lowest BCUT2D eigenvalue weighted by atomic mass is 10.3. The van der Waals surface area contributed by atoms with Crippen LogP contribution in [0.25, 0.3) is 0 Å². The predicted octanol–water partition coefficient (Wildman–Crippen LogP) is 1.44. The van der Waals surface area contributed by atoms with Crippen molar-refractivity contribution in [2.75, 3.05) is 13.2 Å². The zero-order valence-electron chi connectivity index (χ0n) is 9.31. The molecule has 0 spiro atoms. The summed E-state index contributed by atoms with van der Waals surface area (Å²) in [5, 5.41) is 17.6. The van der Waals surface area contributed by atoms with Crippen molar-refractivity contribution in [3.8, 4) is 12.1 Å². The Hall–Kier alpha value is -1.85. The van der Waals surface area contributed by atoms with Gasteiger partial charge < -0.3 is 9.30 Å². The van der Waals surface area contributed by atoms with Crippen LogP contribution in [0.4, 0.5) is 0 Å². The van der Waals surface area contributed by atoms with E-state index in [0.717, 1.165) is 19.4 Å². The molecule has 0 aliphatic heterocycles. The highest BCUT2D eigenvalue weighted by atomic mass is 16.5. The molecule has 0 N–H and O–H groups in total. The van der Waals surface area contributed by atoms with E-state index in [4.69, 9.17) is 15.3 Å². The molecule has 0 amide bonds. The van der Waals surface area contributed by atoms with Gasteiger partial charge in [0.05, 0.1) is 12.9 Å². The first-order chi connectivity index (χ1) is 7.83. The van der Waals surface area contributed by atoms with Gasteiger partial charge in [-0.3, -0.25) is 0 Å². The number of nitrogens with zero attached hydrogens (tertiary/aromatic N) is 4. The third kappa shape index (κ3) is 3.08. The summed E-state index contributed by atoms with van der Waals surface area (Å²) < 4.78 is 7.02. The molecular formula is C11H14N4O. The molecule has 84 valence electrons. The number of ether oxygens (including phenoxy) is 1. The quantitative estimate of drug-likeness (QED) is 0.677. The fraction of sp³-hybridized carbons (Fsp3) is 0.545. The van der Waals surface area contributed by atoms with Gasteiger partial charge in [0, 0.05) is 13.2 Å². The van der Waals surface area contributed by atoms with E-state index in [1.807, 2.05) is 12.1 Å². The number of unbranched alkanes of at least 4 members (excludes halogenated alkanes) is 1. The van der Waals surface area contributed by atoms with E-state index in [9.17, 15) is 0 Å². The molecule has 5 nitrogen and oxygen atoms in total. The molecule has 16 heavy (non-hydrogen) atoms. The summed E-state index contributed by atoms with van der Waals surface area (Å²) in [5.74, 6) is 0. The predicted molar refractivity (Wildman–Crippen MR) is 57.4 cm³/mol. The molecule has 0 radical (unpaired) electrons. The number of nitriles is 2. The van der Waals surface area contributed by atoms with Gasteiger partial charge >= 0.3 is 0 Å². The number of hydrogen-bond acceptors (Lipinski definition) is 4. The highest BCUT2D eigenvalue weighted by Gasteiger charge is 2.08. The average molecular weight is 218 g/mol. The van der Waals surface area contributed by atoms with Gasteiger partial charge in [-0.25, -0.2) is 4.98 Å². The van der Waals surface area contributed by atoms with Crippen LogP contribution in [0.1, 0.15) is 31.2 Å². The molecule has 0 aromatic carbocycles. The van der Waals surface area contributed by atoms with E-state index in [-0.39, 0.29) is 5.69 Å². The van der Waals surface area contributed by atoms with Gasteiger partial charge in [0.15, 0.2) is 11.4 Å². The van der Waals surface area contributed by atoms with Crippen LogP contribution in [0.3, 0.4) is 0 Å². The molecule has 0 unspecified atom stereocenters. The molecule has 0 aliphatic carbocycles. The summed E-state index contributed by atoms with van der Waals surface area (Å²) in [6.07, 6.45) is 3.64. The lowest BCUT2D eigenvalue weighted by Gasteiger charge is -2.04. The van der Waals surface area contributed by atoms with Crippen LogP contribution in [-0.4, -0.2) is 22.8 Å². The molecule has 1 aromatic heterocycles. The molecule has 1 rings (SSSR count). The molecule has 0 atom stereocenters. The monoisotopic (exact) mass is 218 g/mol. The molecule has 0 aliphatic rings. The number of aromatic nitrogens is 2. The molecule has 0 saturated heterocycles. The third-order valence-corrected chi connectivity index (χ3v) is 2.17. The van der Waals surface area contributed by atoms with E-state index >= 15 is 0 Å². The minimum Gasteiger partial charge on any atom is -0.380 e. The second-order valence-electron chi connectivity index (χ2n) is 3.32. The fourth-order valence-electron chi connectivity index (χ4n) is 1.26. The van der Waals surface area contributed by atoms with Gasteiger partial charge in [0.2, 0.25) is 0 Å². The fourth-order valence-corrected chi connectivity index (χ4v) is 1.26. The third-order valence-electron chi connectivity index (χ3n) is 2.17. The molecular weight excluding hydrogens is 204 g/mol. The van der Waals surface area contributed by atoms with Crippen LogP contribution in [0.5, 0.6) is 0 Å². The van der Waals surface area contributed by atoms with Crippen LogP contribution >= 0.6 is 0 Å². The van der Waals surface area contributed by atoms with Crippen molar-refractivity contribution in [1.82, 2.24) is 9.55 Å². The van der Waals surface area contributed by atoms with Crippen molar-refractivity contribution in [3.63, 3.8) is 0 Å². The van der Waals surface area contributed by atoms with Crippen molar-refractivity contribution >= 4 is 0 Å². The lowest BCUT2D eigenvalue weighted by Crippen LogP contribution is -2.07. The summed E-state index contributed by atoms with van der Waals surface area (Å²) in [5.41, 5.74) is 0.484. The van der Waals surface area contributed by atoms with Crippen LogP contribution in [0.15, 0.2) is 6.33 Å². The molecule has 5 heteroatoms. The van der Waals surface area contributed by atoms with E-state index < -0.39 is 0 Å². The second-order valence-corrected chi connectivity index (χ2v) is 3.32. The molecule has 0 bridgehead atoms. The van der Waals surface area contributed by atoms with Gasteiger partial charge in [-0.2, -0.15) is 10.5 Å². The van der Waals surface area contributed by atoms with Crippen LogP contribution in [0, 0.1) is 22.7 Å². The SMILES string of the molecule is CCCCOCCn1cnc(C#N)c1C#N. The van der Waals surface area contributed by atoms with Gasteiger partial charge in [-0.1, -0.05) is 13.3 Å². The molecule has 0 saturated carbocycles. The molecule has 0 fully saturated rings. The highest BCUT2D eigenvalue weighted by Crippen LogP contribution is 2.04. The van der Waals surface area contributed by atoms with E-state index in [1.54, 1.807) is 4.57 Å². The Labute approximate surface area is 94.9 Å². The highest BCUT2D eigenvalue weighted by molar-refractivity contribution is 5.35. The maximum Gasteiger partial charge on any atom is 0.176 e. The topological polar surface area (TPSA) is 74.6 Å². The van der Waals surface area contributed by atoms with E-state index in [0.29, 0.717) is 18.8 Å². The van der Waals surface area contributed by atoms with Gasteiger partial charge in [-0.15, -0.1) is 0 Å². The second kappa shape index (κ2) is 6.60. The Morgan fingerprint density at radius 1 is 1.38 bits per heavy atom. The first-order valence-electron chi connectivity index (χ1n) is 5.26. The zero-order chi connectivity index (χ0) is 11.8. The number of imidazole rings is 1. The summed E-state index contributed by atoms with van der Waals surface area (Å²) in [4.78, 5) is 3.84. The minimum atomic E-state index is 0.177. The Morgan fingerprint density at radius 2 is 2.19 bits per heavy atom. The van der Waals surface area contributed by atoms with Crippen molar-refractivity contribution in [2.24, 2.45) is 0 Å². The first kappa shape index (κ1) is 12.2. The summed E-state index contributed by atoms with van der Waals surface area (Å²) in [7, 11) is 0. The van der Waals surface area contributed by atoms with Crippen molar-refractivity contribution in [1.29, 1.82) is 10.5 Å². The normalized spacial score (nSPS) is 9.69. The maximum absolute atomic E-state index is 8.86. The minimum absolute atomic E-state index is 0.177. The van der Waals surface area contributed by atoms with Crippen molar-refractivity contribution in [2.45, 2.75) is 26.3 Å². The Balaban J connectivity index is 2.46. The Bertz CT molecular complexity index is 411. The zero-order valence-corrected chi connectivity index (χ0v) is 9.31. The van der Waals surface area contributed by atoms with Gasteiger partial charge in [-0.05, 0) is 6.42 Å². The van der Waals surface area contributed by atoms with E-state index in [1.165, 1.54) is 6.33 Å². The van der Waals surface area contributed by atoms with Crippen LogP contribution < -0.4 is 0 Å². The van der Waals surface area contributed by atoms with Crippen molar-refractivity contribution < 1.29 is 4.74 Å². The first-order valence-corrected chi connectivity index (χ1v) is 5.26. The Kier molecular flexibility index (Phi) is 5.04. The number of hydrogen-bond donors (Lipinski definition) is 0. The van der Waals surface area contributed by atoms with Gasteiger partial charge in [0.25, 0.3) is 0 Å². The van der Waals surface area contributed by atoms with Crippen molar-refractivity contribution in [3.05, 3.63) is 17.7 Å². The number of rotatable bonds is 6. The standard InChI is InChI=1S/C11H14N4O/c1-2-3-5-16-6-4-15-9-14-10(7-12)11(15)8-13/h9H,2-6H2,1H3. The van der Waals surface area contributed by atoms with E-state index in [2.05, 4.69) is 11.9 Å². The Morgan fingerprint density at radius 3 is 2.81 bits per heavy atom. The summed E-state index contributed by atoms with van der Waals surface area (Å²) >= 11 is 0. The van der Waals surface area contributed by atoms with Crippen LogP contribution in [-0.2, 0) is 11.3 Å². The average Bonchev–Trinajstić information content (AvgIpc) is 2.71. The molecule has 1 aromatic rings. The van der Waals surface area contributed by atoms with Crippen LogP contribution in [0.2, 0.25) is 0 Å². The largest absolute Gasteiger partial charge is 0.380 e. The smallest absolute Gasteiger partial charge is 0.176 e. The van der Waals surface area contributed by atoms with Gasteiger partial charge in [0.1, 0.15) is 12.1 Å². The molecule has 1 heterocycles.